The Labute approximate surface area is 169 Å². The molecule has 0 aliphatic carbocycles. The molecule has 0 aromatic carbocycles. The number of carboxylic acids is 3. The van der Waals surface area contributed by atoms with Crippen LogP contribution >= 0.6 is 0 Å². The van der Waals surface area contributed by atoms with Crippen LogP contribution in [0.2, 0.25) is 0 Å². The largest absolute Gasteiger partial charge is 2.00 e. The Balaban J connectivity index is 0.000000384. The fraction of sp³-hybridized carbons (Fsp3) is 0. The Kier molecular flexibility index (Phi) is 11.8. The number of aromatic carboxylic acids is 3. The first-order valence-corrected chi connectivity index (χ1v) is 7.31. The van der Waals surface area contributed by atoms with E-state index in [0.29, 0.717) is 0 Å². The van der Waals surface area contributed by atoms with Crippen LogP contribution in [0.1, 0.15) is 31.5 Å². The molecule has 0 atom stereocenters. The average Bonchev–Trinajstić information content (AvgIpc) is 2.71. The van der Waals surface area contributed by atoms with Crippen molar-refractivity contribution in [1.82, 2.24) is 15.0 Å². The summed E-state index contributed by atoms with van der Waals surface area (Å²) >= 11 is 0. The van der Waals surface area contributed by atoms with E-state index in [0.717, 1.165) is 0 Å². The first kappa shape index (κ1) is 24.4. The van der Waals surface area contributed by atoms with Crippen LogP contribution in [0.3, 0.4) is 0 Å². The zero-order valence-corrected chi connectivity index (χ0v) is 15.1. The van der Waals surface area contributed by atoms with Crippen molar-refractivity contribution in [2.24, 2.45) is 0 Å². The zero-order chi connectivity index (χ0) is 20.1. The van der Waals surface area contributed by atoms with Crippen molar-refractivity contribution in [3.8, 4) is 0 Å². The second-order valence-corrected chi connectivity index (χ2v) is 4.53. The molecule has 0 spiro atoms. The minimum Gasteiger partial charge on any atom is -0.543 e. The van der Waals surface area contributed by atoms with Crippen LogP contribution in [-0.2, 0) is 16.5 Å². The summed E-state index contributed by atoms with van der Waals surface area (Å²) in [5.41, 5.74) is 0.0208. The van der Waals surface area contributed by atoms with Crippen LogP contribution < -0.4 is 10.2 Å². The van der Waals surface area contributed by atoms with E-state index in [1.165, 1.54) is 36.8 Å². The van der Waals surface area contributed by atoms with E-state index in [9.17, 15) is 24.6 Å². The normalized spacial score (nSPS) is 8.57. The van der Waals surface area contributed by atoms with Gasteiger partial charge in [-0.3, -0.25) is 9.97 Å². The molecule has 3 aromatic rings. The molecule has 0 fully saturated rings. The number of carboxylic acid groups (broad SMARTS) is 3. The van der Waals surface area contributed by atoms with E-state index >= 15 is 0 Å². The van der Waals surface area contributed by atoms with Crippen LogP contribution in [0.5, 0.6) is 0 Å². The van der Waals surface area contributed by atoms with Gasteiger partial charge in [-0.05, 0) is 36.4 Å². The molecule has 0 aliphatic heterocycles. The topological polar surface area (TPSA) is 156 Å². The molecule has 1 N–H and O–H groups in total. The predicted octanol–water partition coefficient (Wildman–Crippen LogP) is -0.333. The Morgan fingerprint density at radius 2 is 0.964 bits per heavy atom. The molecule has 3 rings (SSSR count). The fourth-order valence-electron chi connectivity index (χ4n) is 1.46. The van der Waals surface area contributed by atoms with Crippen molar-refractivity contribution in [1.29, 1.82) is 0 Å². The first-order chi connectivity index (χ1) is 12.9. The van der Waals surface area contributed by atoms with E-state index in [1.54, 1.807) is 36.4 Å². The van der Waals surface area contributed by atoms with E-state index < -0.39 is 17.9 Å². The average molecular weight is 426 g/mol. The monoisotopic (exact) mass is 425 g/mol. The maximum Gasteiger partial charge on any atom is 2.00 e. The number of carbonyl (C=O) groups is 3. The summed E-state index contributed by atoms with van der Waals surface area (Å²) in [5.74, 6) is -3.47. The standard InChI is InChI=1S/3C6H5NO2.Ni/c3*8-6(9)5-3-1-2-4-7-5;/h3*1-4H,(H,8,9);/q;;;+2/p-2. The number of nitrogens with zero attached hydrogens (tertiary/aromatic N) is 3. The zero-order valence-electron chi connectivity index (χ0n) is 14.1. The number of pyridine rings is 3. The maximum atomic E-state index is 10.1. The molecule has 3 heterocycles. The molecule has 0 unspecified atom stereocenters. The van der Waals surface area contributed by atoms with Crippen molar-refractivity contribution in [3.63, 3.8) is 0 Å². The van der Waals surface area contributed by atoms with E-state index in [-0.39, 0.29) is 33.6 Å². The molecule has 0 amide bonds. The van der Waals surface area contributed by atoms with Gasteiger partial charge in [0.25, 0.3) is 0 Å². The number of carbonyl (C=O) groups excluding carboxylic acids is 2. The van der Waals surface area contributed by atoms with Crippen molar-refractivity contribution in [2.45, 2.75) is 0 Å². The SMILES string of the molecule is O=C(O)c1ccccn1.O=C([O-])c1ccccn1.O=C([O-])c1ccccn1.[Ni+2]. The molecule has 28 heavy (non-hydrogen) atoms. The summed E-state index contributed by atoms with van der Waals surface area (Å²) in [6, 6.07) is 14.0. The van der Waals surface area contributed by atoms with Gasteiger partial charge in [-0.2, -0.15) is 0 Å². The van der Waals surface area contributed by atoms with Gasteiger partial charge in [-0.25, -0.2) is 9.78 Å². The summed E-state index contributed by atoms with van der Waals surface area (Å²) in [6.45, 7) is 0. The van der Waals surface area contributed by atoms with Gasteiger partial charge in [0.1, 0.15) is 5.69 Å². The van der Waals surface area contributed by atoms with Gasteiger partial charge >= 0.3 is 22.5 Å². The fourth-order valence-corrected chi connectivity index (χ4v) is 1.46. The van der Waals surface area contributed by atoms with E-state index in [4.69, 9.17) is 5.11 Å². The molecular weight excluding hydrogens is 413 g/mol. The molecule has 0 radical (unpaired) electrons. The first-order valence-electron chi connectivity index (χ1n) is 7.31. The Bertz CT molecular complexity index is 747. The molecule has 0 bridgehead atoms. The van der Waals surface area contributed by atoms with Gasteiger partial charge in [-0.1, -0.05) is 18.2 Å². The number of aromatic nitrogens is 3. The van der Waals surface area contributed by atoms with Crippen molar-refractivity contribution in [3.05, 3.63) is 90.3 Å². The minimum atomic E-state index is -1.24. The quantitative estimate of drug-likeness (QED) is 0.554. The molecule has 146 valence electrons. The smallest absolute Gasteiger partial charge is 0.543 e. The van der Waals surface area contributed by atoms with Gasteiger partial charge in [0.2, 0.25) is 0 Å². The van der Waals surface area contributed by atoms with Gasteiger partial charge in [0.05, 0.1) is 23.3 Å². The van der Waals surface area contributed by atoms with Gasteiger partial charge in [0.15, 0.2) is 0 Å². The summed E-state index contributed by atoms with van der Waals surface area (Å²) < 4.78 is 0. The van der Waals surface area contributed by atoms with Crippen LogP contribution in [0.15, 0.2) is 73.2 Å². The Morgan fingerprint density at radius 1 is 0.643 bits per heavy atom. The van der Waals surface area contributed by atoms with Crippen molar-refractivity contribution in [2.75, 3.05) is 0 Å². The third kappa shape index (κ3) is 9.74. The molecular formula is C18H13N3NiO6. The summed E-state index contributed by atoms with van der Waals surface area (Å²) in [4.78, 5) is 40.8. The van der Waals surface area contributed by atoms with Crippen molar-refractivity contribution >= 4 is 17.9 Å². The second-order valence-electron chi connectivity index (χ2n) is 4.53. The van der Waals surface area contributed by atoms with Crippen LogP contribution in [0, 0.1) is 0 Å². The van der Waals surface area contributed by atoms with E-state index in [1.807, 2.05) is 0 Å². The van der Waals surface area contributed by atoms with Crippen LogP contribution in [-0.4, -0.2) is 38.0 Å². The summed E-state index contributed by atoms with van der Waals surface area (Å²) in [7, 11) is 0. The number of hydrogen-bond acceptors (Lipinski definition) is 8. The molecule has 3 aromatic heterocycles. The Hall–Kier alpha value is -3.65. The third-order valence-corrected chi connectivity index (χ3v) is 2.63. The number of rotatable bonds is 3. The number of hydrogen-bond donors (Lipinski definition) is 1. The van der Waals surface area contributed by atoms with E-state index in [2.05, 4.69) is 15.0 Å². The summed E-state index contributed by atoms with van der Waals surface area (Å²) in [5, 5.41) is 28.4. The molecule has 0 aliphatic rings. The molecule has 0 saturated heterocycles. The van der Waals surface area contributed by atoms with Crippen molar-refractivity contribution < 1.29 is 46.2 Å². The Morgan fingerprint density at radius 3 is 1.11 bits per heavy atom. The predicted molar refractivity (Wildman–Crippen MR) is 88.3 cm³/mol. The third-order valence-electron chi connectivity index (χ3n) is 2.63. The molecule has 0 saturated carbocycles. The minimum absolute atomic E-state index is 0. The van der Waals surface area contributed by atoms with Crippen LogP contribution in [0.4, 0.5) is 0 Å². The van der Waals surface area contributed by atoms with Gasteiger partial charge in [-0.15, -0.1) is 0 Å². The molecule has 10 heteroatoms. The molecule has 9 nitrogen and oxygen atoms in total. The van der Waals surface area contributed by atoms with Crippen LogP contribution in [0.25, 0.3) is 0 Å². The maximum absolute atomic E-state index is 10.1. The van der Waals surface area contributed by atoms with Gasteiger partial charge in [0, 0.05) is 18.6 Å². The summed E-state index contributed by atoms with van der Waals surface area (Å²) in [6.07, 6.45) is 4.26. The second kappa shape index (κ2) is 13.5. The van der Waals surface area contributed by atoms with Gasteiger partial charge < -0.3 is 24.9 Å².